The summed E-state index contributed by atoms with van der Waals surface area (Å²) in [5.41, 5.74) is 5.07. The maximum Gasteiger partial charge on any atom is 0.223 e. The summed E-state index contributed by atoms with van der Waals surface area (Å²) in [4.78, 5) is 13.4. The van der Waals surface area contributed by atoms with Gasteiger partial charge in [-0.2, -0.15) is 0 Å². The minimum atomic E-state index is -0.505. The summed E-state index contributed by atoms with van der Waals surface area (Å²) in [6.07, 6.45) is 3.71. The van der Waals surface area contributed by atoms with E-state index >= 15 is 0 Å². The smallest absolute Gasteiger partial charge is 0.223 e. The van der Waals surface area contributed by atoms with Gasteiger partial charge in [-0.15, -0.1) is 0 Å². The molecule has 0 fully saturated rings. The number of imidazole rings is 1. The molecule has 1 atom stereocenters. The fourth-order valence-electron chi connectivity index (χ4n) is 4.35. The molecule has 3 aromatic carbocycles. The Morgan fingerprint density at radius 3 is 2.27 bits per heavy atom. The summed E-state index contributed by atoms with van der Waals surface area (Å²) in [5, 5.41) is 2.40. The number of nitrogens with zero attached hydrogens (tertiary/aromatic N) is 4. The average molecular weight is 494 g/mol. The molecule has 0 aliphatic carbocycles. The largest absolute Gasteiger partial charge is 0.337 e. The zero-order chi connectivity index (χ0) is 23.2. The van der Waals surface area contributed by atoms with Gasteiger partial charge in [0.2, 0.25) is 5.28 Å². The topological polar surface area (TPSA) is 43.6 Å². The Hall–Kier alpha value is -2.92. The summed E-state index contributed by atoms with van der Waals surface area (Å²) in [7, 11) is 2.00. The van der Waals surface area contributed by atoms with E-state index in [1.807, 2.05) is 66.6 Å². The highest BCUT2D eigenvalue weighted by Gasteiger charge is 2.34. The third kappa shape index (κ3) is 3.89. The van der Waals surface area contributed by atoms with Crippen molar-refractivity contribution in [2.24, 2.45) is 7.05 Å². The second-order valence-corrected chi connectivity index (χ2v) is 9.32. The molecule has 7 heteroatoms. The molecule has 0 aliphatic heterocycles. The lowest BCUT2D eigenvalue weighted by molar-refractivity contribution is 0.627. The van der Waals surface area contributed by atoms with Gasteiger partial charge in [0.25, 0.3) is 0 Å². The van der Waals surface area contributed by atoms with Crippen LogP contribution in [-0.2, 0) is 12.5 Å². The standard InChI is InChI=1S/C26H19Cl3N4/c1-26(23-14-30-15-33(23)2,17-6-9-19(27)10-7-17)18-8-11-22-21(13-18)24(32-25(29)31-22)16-4-3-5-20(28)12-16/h3-15H,1-2H3. The number of benzene rings is 3. The molecule has 0 spiro atoms. The fraction of sp³-hybridized carbons (Fsp3) is 0.115. The third-order valence-corrected chi connectivity index (χ3v) is 6.75. The van der Waals surface area contributed by atoms with Crippen molar-refractivity contribution in [2.45, 2.75) is 12.3 Å². The van der Waals surface area contributed by atoms with E-state index in [0.717, 1.165) is 39.0 Å². The van der Waals surface area contributed by atoms with Crippen LogP contribution in [0.4, 0.5) is 0 Å². The highest BCUT2D eigenvalue weighted by Crippen LogP contribution is 2.41. The van der Waals surface area contributed by atoms with E-state index in [9.17, 15) is 0 Å². The number of halogens is 3. The molecule has 1 unspecified atom stereocenters. The molecule has 2 aromatic heterocycles. The Morgan fingerprint density at radius 2 is 1.58 bits per heavy atom. The molecule has 5 aromatic rings. The predicted molar refractivity (Wildman–Crippen MR) is 135 cm³/mol. The van der Waals surface area contributed by atoms with Gasteiger partial charge in [-0.05, 0) is 66.0 Å². The maximum absolute atomic E-state index is 6.28. The Morgan fingerprint density at radius 1 is 0.818 bits per heavy atom. The number of aryl methyl sites for hydroxylation is 1. The van der Waals surface area contributed by atoms with Crippen molar-refractivity contribution in [1.82, 2.24) is 19.5 Å². The van der Waals surface area contributed by atoms with Gasteiger partial charge in [0.05, 0.1) is 28.6 Å². The van der Waals surface area contributed by atoms with Crippen LogP contribution in [-0.4, -0.2) is 19.5 Å². The van der Waals surface area contributed by atoms with Gasteiger partial charge >= 0.3 is 0 Å². The number of rotatable bonds is 4. The van der Waals surface area contributed by atoms with Gasteiger partial charge in [0.1, 0.15) is 0 Å². The van der Waals surface area contributed by atoms with Gasteiger partial charge in [0.15, 0.2) is 0 Å². The van der Waals surface area contributed by atoms with Crippen LogP contribution in [0.5, 0.6) is 0 Å². The Labute approximate surface area is 206 Å². The van der Waals surface area contributed by atoms with E-state index in [2.05, 4.69) is 46.1 Å². The van der Waals surface area contributed by atoms with Crippen LogP contribution in [0.2, 0.25) is 15.3 Å². The molecule has 0 saturated heterocycles. The van der Waals surface area contributed by atoms with Crippen molar-refractivity contribution >= 4 is 45.7 Å². The molecule has 2 heterocycles. The fourth-order valence-corrected chi connectivity index (χ4v) is 4.84. The van der Waals surface area contributed by atoms with Gasteiger partial charge in [-0.25, -0.2) is 15.0 Å². The van der Waals surface area contributed by atoms with Crippen LogP contribution in [0.25, 0.3) is 22.2 Å². The molecule has 4 nitrogen and oxygen atoms in total. The van der Waals surface area contributed by atoms with E-state index in [1.165, 1.54) is 0 Å². The van der Waals surface area contributed by atoms with E-state index in [4.69, 9.17) is 34.8 Å². The molecule has 0 amide bonds. The Kier molecular flexibility index (Phi) is 5.61. The van der Waals surface area contributed by atoms with Gasteiger partial charge in [-0.3, -0.25) is 0 Å². The average Bonchev–Trinajstić information content (AvgIpc) is 3.24. The quantitative estimate of drug-likeness (QED) is 0.246. The normalized spacial score (nSPS) is 13.2. The van der Waals surface area contributed by atoms with Crippen molar-refractivity contribution in [2.75, 3.05) is 0 Å². The van der Waals surface area contributed by atoms with Crippen molar-refractivity contribution in [3.8, 4) is 11.3 Å². The van der Waals surface area contributed by atoms with Gasteiger partial charge in [-0.1, -0.05) is 53.5 Å². The minimum Gasteiger partial charge on any atom is -0.337 e. The van der Waals surface area contributed by atoms with Crippen LogP contribution < -0.4 is 0 Å². The molecule has 0 radical (unpaired) electrons. The SMILES string of the molecule is Cn1cncc1C(C)(c1ccc(Cl)cc1)c1ccc2nc(Cl)nc(-c3cccc(Cl)c3)c2c1. The van der Waals surface area contributed by atoms with Crippen molar-refractivity contribution in [3.05, 3.63) is 111 Å². The van der Waals surface area contributed by atoms with Crippen molar-refractivity contribution in [3.63, 3.8) is 0 Å². The van der Waals surface area contributed by atoms with E-state index in [1.54, 1.807) is 0 Å². The molecule has 0 saturated carbocycles. The summed E-state index contributed by atoms with van der Waals surface area (Å²) in [6, 6.07) is 21.7. The zero-order valence-electron chi connectivity index (χ0n) is 17.9. The maximum atomic E-state index is 6.28. The zero-order valence-corrected chi connectivity index (χ0v) is 20.2. The first-order valence-corrected chi connectivity index (χ1v) is 11.5. The molecular weight excluding hydrogens is 475 g/mol. The predicted octanol–water partition coefficient (Wildman–Crippen LogP) is 7.34. The molecule has 33 heavy (non-hydrogen) atoms. The van der Waals surface area contributed by atoms with Crippen LogP contribution in [0.1, 0.15) is 23.7 Å². The molecule has 5 rings (SSSR count). The Balaban J connectivity index is 1.80. The second-order valence-electron chi connectivity index (χ2n) is 8.11. The summed E-state index contributed by atoms with van der Waals surface area (Å²) in [5.74, 6) is 0. The van der Waals surface area contributed by atoms with Gasteiger partial charge in [0, 0.05) is 34.2 Å². The van der Waals surface area contributed by atoms with Crippen LogP contribution >= 0.6 is 34.8 Å². The van der Waals surface area contributed by atoms with Crippen molar-refractivity contribution in [1.29, 1.82) is 0 Å². The van der Waals surface area contributed by atoms with Crippen molar-refractivity contribution < 1.29 is 0 Å². The third-order valence-electron chi connectivity index (χ3n) is 6.09. The lowest BCUT2D eigenvalue weighted by Crippen LogP contribution is -2.28. The van der Waals surface area contributed by atoms with E-state index in [-0.39, 0.29) is 5.28 Å². The summed E-state index contributed by atoms with van der Waals surface area (Å²) in [6.45, 7) is 2.18. The summed E-state index contributed by atoms with van der Waals surface area (Å²) < 4.78 is 2.04. The molecule has 164 valence electrons. The van der Waals surface area contributed by atoms with Crippen LogP contribution in [0, 0.1) is 0 Å². The first-order valence-electron chi connectivity index (χ1n) is 10.3. The Bertz CT molecular complexity index is 1480. The first kappa shape index (κ1) is 21.9. The lowest BCUT2D eigenvalue weighted by Gasteiger charge is -2.32. The molecule has 0 N–H and O–H groups in total. The van der Waals surface area contributed by atoms with Crippen LogP contribution in [0.3, 0.4) is 0 Å². The molecular formula is C26H19Cl3N4. The van der Waals surface area contributed by atoms with E-state index in [0.29, 0.717) is 10.0 Å². The lowest BCUT2D eigenvalue weighted by atomic mass is 9.73. The first-order chi connectivity index (χ1) is 15.9. The summed E-state index contributed by atoms with van der Waals surface area (Å²) >= 11 is 18.7. The highest BCUT2D eigenvalue weighted by atomic mass is 35.5. The number of hydrogen-bond acceptors (Lipinski definition) is 3. The molecule has 0 bridgehead atoms. The highest BCUT2D eigenvalue weighted by molar-refractivity contribution is 6.31. The molecule has 0 aliphatic rings. The van der Waals surface area contributed by atoms with E-state index < -0.39 is 5.41 Å². The number of hydrogen-bond donors (Lipinski definition) is 0. The van der Waals surface area contributed by atoms with Crippen LogP contribution in [0.15, 0.2) is 79.3 Å². The monoisotopic (exact) mass is 492 g/mol. The number of aromatic nitrogens is 4. The second kappa shape index (κ2) is 8.45. The van der Waals surface area contributed by atoms with Gasteiger partial charge < -0.3 is 4.57 Å². The minimum absolute atomic E-state index is 0.192. The number of fused-ring (bicyclic) bond motifs is 1.